The van der Waals surface area contributed by atoms with Crippen LogP contribution in [0.5, 0.6) is 0 Å². The predicted molar refractivity (Wildman–Crippen MR) is 116 cm³/mol. The van der Waals surface area contributed by atoms with Crippen LogP contribution >= 0.6 is 0 Å². The molecule has 166 valence electrons. The Hall–Kier alpha value is -0.910. The monoisotopic (exact) mass is 399 g/mol. The van der Waals surface area contributed by atoms with Crippen molar-refractivity contribution in [2.24, 2.45) is 0 Å². The molecule has 0 aliphatic rings. The topological polar surface area (TPSA) is 70.0 Å². The molecule has 0 radical (unpaired) electrons. The number of carbonyl (C=O) groups excluding carboxylic acids is 1. The molecular formula is C23H45NO4. The molecule has 28 heavy (non-hydrogen) atoms. The van der Waals surface area contributed by atoms with Gasteiger partial charge in [0, 0.05) is 25.6 Å². The Morgan fingerprint density at radius 1 is 0.893 bits per heavy atom. The Bertz CT molecular complexity index is 368. The van der Waals surface area contributed by atoms with Crippen molar-refractivity contribution in [3.8, 4) is 0 Å². The Balaban J connectivity index is 3.95. The van der Waals surface area contributed by atoms with Gasteiger partial charge in [-0.05, 0) is 38.5 Å². The number of rotatable bonds is 20. The van der Waals surface area contributed by atoms with Gasteiger partial charge in [-0.2, -0.15) is 0 Å². The summed E-state index contributed by atoms with van der Waals surface area (Å²) in [7, 11) is 1.44. The number of esters is 1. The van der Waals surface area contributed by atoms with Crippen LogP contribution in [-0.4, -0.2) is 60.5 Å². The molecule has 0 spiro atoms. The summed E-state index contributed by atoms with van der Waals surface area (Å²) in [5, 5.41) is 18.6. The number of aliphatic hydroxyl groups excluding tert-OH is 2. The van der Waals surface area contributed by atoms with Crippen LogP contribution in [0.15, 0.2) is 12.2 Å². The van der Waals surface area contributed by atoms with Crippen molar-refractivity contribution in [2.45, 2.75) is 96.4 Å². The molecule has 0 bridgehead atoms. The molecule has 0 amide bonds. The highest BCUT2D eigenvalue weighted by molar-refractivity contribution is 5.68. The molecule has 0 saturated heterocycles. The van der Waals surface area contributed by atoms with E-state index in [0.29, 0.717) is 25.6 Å². The van der Waals surface area contributed by atoms with Gasteiger partial charge < -0.3 is 14.9 Å². The van der Waals surface area contributed by atoms with Gasteiger partial charge in [0.1, 0.15) is 0 Å². The van der Waals surface area contributed by atoms with Gasteiger partial charge in [-0.25, -0.2) is 0 Å². The first kappa shape index (κ1) is 27.1. The third kappa shape index (κ3) is 16.1. The van der Waals surface area contributed by atoms with Gasteiger partial charge in [-0.15, -0.1) is 0 Å². The van der Waals surface area contributed by atoms with Crippen molar-refractivity contribution in [2.75, 3.05) is 33.4 Å². The van der Waals surface area contributed by atoms with E-state index in [1.54, 1.807) is 0 Å². The summed E-state index contributed by atoms with van der Waals surface area (Å²) in [6.45, 7) is 3.82. The number of nitrogens with zero attached hydrogens (tertiary/aromatic N) is 1. The molecule has 0 fully saturated rings. The molecule has 0 aromatic carbocycles. The van der Waals surface area contributed by atoms with E-state index in [1.807, 2.05) is 0 Å². The number of allylic oxidation sites excluding steroid dienone is 2. The average molecular weight is 400 g/mol. The Morgan fingerprint density at radius 2 is 1.54 bits per heavy atom. The molecular weight excluding hydrogens is 354 g/mol. The fourth-order valence-electron chi connectivity index (χ4n) is 3.56. The molecule has 0 aromatic heterocycles. The van der Waals surface area contributed by atoms with E-state index in [0.717, 1.165) is 38.5 Å². The molecule has 1 unspecified atom stereocenters. The molecule has 0 saturated carbocycles. The summed E-state index contributed by atoms with van der Waals surface area (Å²) >= 11 is 0. The summed E-state index contributed by atoms with van der Waals surface area (Å²) in [6.07, 6.45) is 18.9. The van der Waals surface area contributed by atoms with Crippen molar-refractivity contribution < 1.29 is 19.7 Å². The second-order valence-electron chi connectivity index (χ2n) is 7.56. The molecule has 1 atom stereocenters. The third-order valence-electron chi connectivity index (χ3n) is 5.24. The van der Waals surface area contributed by atoms with Gasteiger partial charge in [0.15, 0.2) is 0 Å². The number of unbranched alkanes of at least 4 members (excludes halogenated alkanes) is 7. The zero-order valence-electron chi connectivity index (χ0n) is 18.4. The number of carbonyl (C=O) groups is 1. The highest BCUT2D eigenvalue weighted by Crippen LogP contribution is 2.16. The SMILES string of the molecule is CCCCCC(CC/C=C\CCCCCCCC(=O)OC)N(CCO)CCO. The van der Waals surface area contributed by atoms with Crippen LogP contribution in [0.25, 0.3) is 0 Å². The molecule has 0 rings (SSSR count). The van der Waals surface area contributed by atoms with Crippen LogP contribution in [0.1, 0.15) is 90.4 Å². The largest absolute Gasteiger partial charge is 0.469 e. The van der Waals surface area contributed by atoms with Gasteiger partial charge >= 0.3 is 5.97 Å². The van der Waals surface area contributed by atoms with Gasteiger partial charge in [-0.1, -0.05) is 57.6 Å². The number of aliphatic hydroxyl groups is 2. The first-order chi connectivity index (χ1) is 13.7. The highest BCUT2D eigenvalue weighted by Gasteiger charge is 2.16. The van der Waals surface area contributed by atoms with Crippen LogP contribution in [0.2, 0.25) is 0 Å². The lowest BCUT2D eigenvalue weighted by atomic mass is 10.0. The summed E-state index contributed by atoms with van der Waals surface area (Å²) in [4.78, 5) is 13.3. The second-order valence-corrected chi connectivity index (χ2v) is 7.56. The summed E-state index contributed by atoms with van der Waals surface area (Å²) in [6, 6.07) is 0.449. The highest BCUT2D eigenvalue weighted by atomic mass is 16.5. The number of hydrogen-bond acceptors (Lipinski definition) is 5. The van der Waals surface area contributed by atoms with E-state index < -0.39 is 0 Å². The lowest BCUT2D eigenvalue weighted by molar-refractivity contribution is -0.140. The van der Waals surface area contributed by atoms with Gasteiger partial charge in [0.05, 0.1) is 20.3 Å². The minimum Gasteiger partial charge on any atom is -0.469 e. The first-order valence-electron chi connectivity index (χ1n) is 11.4. The van der Waals surface area contributed by atoms with Crippen molar-refractivity contribution in [3.63, 3.8) is 0 Å². The van der Waals surface area contributed by atoms with E-state index in [-0.39, 0.29) is 19.2 Å². The molecule has 0 aliphatic heterocycles. The number of hydrogen-bond donors (Lipinski definition) is 2. The molecule has 2 N–H and O–H groups in total. The van der Waals surface area contributed by atoms with E-state index >= 15 is 0 Å². The normalized spacial score (nSPS) is 12.8. The summed E-state index contributed by atoms with van der Waals surface area (Å²) < 4.78 is 4.64. The fraction of sp³-hybridized carbons (Fsp3) is 0.870. The van der Waals surface area contributed by atoms with Crippen molar-refractivity contribution >= 4 is 5.97 Å². The van der Waals surface area contributed by atoms with Gasteiger partial charge in [0.2, 0.25) is 0 Å². The first-order valence-corrected chi connectivity index (χ1v) is 11.4. The number of ether oxygens (including phenoxy) is 1. The van der Waals surface area contributed by atoms with E-state index in [4.69, 9.17) is 0 Å². The zero-order chi connectivity index (χ0) is 20.9. The van der Waals surface area contributed by atoms with Crippen molar-refractivity contribution in [1.82, 2.24) is 4.90 Å². The average Bonchev–Trinajstić information content (AvgIpc) is 2.70. The van der Waals surface area contributed by atoms with Crippen LogP contribution in [-0.2, 0) is 9.53 Å². The molecule has 0 heterocycles. The number of methoxy groups -OCH3 is 1. The fourth-order valence-corrected chi connectivity index (χ4v) is 3.56. The molecule has 5 nitrogen and oxygen atoms in total. The van der Waals surface area contributed by atoms with Crippen molar-refractivity contribution in [1.29, 1.82) is 0 Å². The lowest BCUT2D eigenvalue weighted by Crippen LogP contribution is -2.39. The van der Waals surface area contributed by atoms with E-state index in [2.05, 4.69) is 28.7 Å². The maximum Gasteiger partial charge on any atom is 0.305 e. The summed E-state index contributed by atoms with van der Waals surface area (Å²) in [5.74, 6) is -0.104. The Kier molecular flexibility index (Phi) is 20.1. The van der Waals surface area contributed by atoms with Crippen LogP contribution < -0.4 is 0 Å². The minimum absolute atomic E-state index is 0.104. The molecule has 0 aromatic rings. The van der Waals surface area contributed by atoms with E-state index in [9.17, 15) is 15.0 Å². The van der Waals surface area contributed by atoms with Gasteiger partial charge in [-0.3, -0.25) is 9.69 Å². The predicted octanol–water partition coefficient (Wildman–Crippen LogP) is 4.46. The third-order valence-corrected chi connectivity index (χ3v) is 5.24. The minimum atomic E-state index is -0.104. The second kappa shape index (κ2) is 20.8. The van der Waals surface area contributed by atoms with Crippen molar-refractivity contribution in [3.05, 3.63) is 12.2 Å². The van der Waals surface area contributed by atoms with E-state index in [1.165, 1.54) is 45.6 Å². The zero-order valence-corrected chi connectivity index (χ0v) is 18.4. The molecule has 5 heteroatoms. The van der Waals surface area contributed by atoms with Gasteiger partial charge in [0.25, 0.3) is 0 Å². The molecule has 0 aliphatic carbocycles. The smallest absolute Gasteiger partial charge is 0.305 e. The maximum atomic E-state index is 11.0. The summed E-state index contributed by atoms with van der Waals surface area (Å²) in [5.41, 5.74) is 0. The van der Waals surface area contributed by atoms with Crippen LogP contribution in [0.4, 0.5) is 0 Å². The lowest BCUT2D eigenvalue weighted by Gasteiger charge is -2.30. The maximum absolute atomic E-state index is 11.0. The standard InChI is InChI=1S/C23H45NO4/c1-3-4-12-15-22(24(18-20-25)19-21-26)16-13-10-8-6-5-7-9-11-14-17-23(27)28-2/h8,10,22,25-26H,3-7,9,11-21H2,1-2H3/b10-8-. The van der Waals surface area contributed by atoms with Crippen LogP contribution in [0, 0.1) is 0 Å². The van der Waals surface area contributed by atoms with Crippen LogP contribution in [0.3, 0.4) is 0 Å². The Labute approximate surface area is 173 Å². The Morgan fingerprint density at radius 3 is 2.18 bits per heavy atom. The quantitative estimate of drug-likeness (QED) is 0.180.